The quantitative estimate of drug-likeness (QED) is 0.113. The van der Waals surface area contributed by atoms with E-state index in [1.54, 1.807) is 0 Å². The van der Waals surface area contributed by atoms with Gasteiger partial charge in [0, 0.05) is 85.3 Å². The number of fused-ring (bicyclic) bond motifs is 8. The number of nitrogens with zero attached hydrogens (tertiary/aromatic N) is 5. The van der Waals surface area contributed by atoms with Crippen molar-refractivity contribution in [3.8, 4) is 44.9 Å². The molecule has 0 aromatic heterocycles. The predicted octanol–water partition coefficient (Wildman–Crippen LogP) is 24.0. The number of anilines is 15. The molecule has 15 aromatic carbocycles. The SMILES string of the molecule is CC(C)(C)c1ccc(-c2ccccc2N(c2ccccc2)c2cc3c4c(c2)N(c2ccccc2)c2cc5c(cc2B4c2ccccc2O3)B2c3ccccc3N(c3ccccc3)c3cc(N(c4ccccc4)c4ccccc4)cc(c32)N5c2c(-c3ccc(C(C)(C)C)cc3)cccc2-c2ccc(C(C)(C)C)cc2)cc1. The number of hydrogen-bond acceptors (Lipinski definition) is 6. The Morgan fingerprint density at radius 2 is 0.636 bits per heavy atom. The van der Waals surface area contributed by atoms with Gasteiger partial charge >= 0.3 is 0 Å². The first kappa shape index (κ1) is 67.8. The highest BCUT2D eigenvalue weighted by atomic mass is 16.5. The van der Waals surface area contributed by atoms with E-state index in [-0.39, 0.29) is 29.7 Å². The van der Waals surface area contributed by atoms with Crippen LogP contribution in [0.3, 0.4) is 0 Å². The van der Waals surface area contributed by atoms with Gasteiger partial charge in [0.25, 0.3) is 13.4 Å². The molecule has 4 aliphatic rings. The van der Waals surface area contributed by atoms with Gasteiger partial charge in [-0.3, -0.25) is 0 Å². The van der Waals surface area contributed by atoms with E-state index in [0.29, 0.717) is 0 Å². The fourth-order valence-electron chi connectivity index (χ4n) is 17.5. The highest BCUT2D eigenvalue weighted by Gasteiger charge is 2.49. The summed E-state index contributed by atoms with van der Waals surface area (Å²) in [4.78, 5) is 12.7. The molecule has 0 spiro atoms. The summed E-state index contributed by atoms with van der Waals surface area (Å²) in [5.74, 6) is 1.66. The van der Waals surface area contributed by atoms with Crippen molar-refractivity contribution in [3.05, 3.63) is 369 Å². The van der Waals surface area contributed by atoms with Gasteiger partial charge in [0.1, 0.15) is 11.5 Å². The van der Waals surface area contributed by atoms with Gasteiger partial charge in [-0.1, -0.05) is 305 Å². The van der Waals surface area contributed by atoms with Gasteiger partial charge in [-0.05, 0) is 186 Å². The molecule has 4 aliphatic heterocycles. The molecule has 0 aliphatic carbocycles. The number of benzene rings is 15. The van der Waals surface area contributed by atoms with Gasteiger partial charge in [0.15, 0.2) is 0 Å². The Labute approximate surface area is 648 Å². The van der Waals surface area contributed by atoms with Crippen LogP contribution in [0, 0.1) is 0 Å². The first-order valence-corrected chi connectivity index (χ1v) is 38.7. The summed E-state index contributed by atoms with van der Waals surface area (Å²) in [6.07, 6.45) is 0. The lowest BCUT2D eigenvalue weighted by Gasteiger charge is -2.47. The van der Waals surface area contributed by atoms with Crippen molar-refractivity contribution in [2.45, 2.75) is 78.6 Å². The minimum Gasteiger partial charge on any atom is -0.458 e. The summed E-state index contributed by atoms with van der Waals surface area (Å²) in [6, 6.07) is 132. The molecule has 0 radical (unpaired) electrons. The van der Waals surface area contributed by atoms with Gasteiger partial charge < -0.3 is 29.2 Å². The van der Waals surface area contributed by atoms with Crippen molar-refractivity contribution in [2.24, 2.45) is 0 Å². The van der Waals surface area contributed by atoms with Crippen molar-refractivity contribution >= 4 is 132 Å². The number of ether oxygens (including phenoxy) is 1. The maximum atomic E-state index is 7.53. The molecule has 0 bridgehead atoms. The van der Waals surface area contributed by atoms with Gasteiger partial charge in [0.2, 0.25) is 0 Å². The second kappa shape index (κ2) is 26.6. The van der Waals surface area contributed by atoms with Gasteiger partial charge in [-0.2, -0.15) is 0 Å². The molecule has 6 nitrogen and oxygen atoms in total. The fraction of sp³-hybridized carbons (Fsp3) is 0.118. The van der Waals surface area contributed by atoms with Crippen LogP contribution in [-0.4, -0.2) is 13.4 Å². The summed E-state index contributed by atoms with van der Waals surface area (Å²) in [7, 11) is 0. The molecule has 0 saturated carbocycles. The third-order valence-electron chi connectivity index (χ3n) is 22.9. The fourth-order valence-corrected chi connectivity index (χ4v) is 17.5. The summed E-state index contributed by atoms with van der Waals surface area (Å²) in [5.41, 5.74) is 33.5. The topological polar surface area (TPSA) is 25.4 Å². The zero-order chi connectivity index (χ0) is 74.7. The molecule has 15 aromatic rings. The molecule has 110 heavy (non-hydrogen) atoms. The molecule has 0 N–H and O–H groups in total. The van der Waals surface area contributed by atoms with Crippen LogP contribution in [0.1, 0.15) is 79.0 Å². The van der Waals surface area contributed by atoms with Gasteiger partial charge in [-0.15, -0.1) is 0 Å². The normalized spacial score (nSPS) is 13.1. The minimum absolute atomic E-state index is 0.00241. The number of para-hydroxylation sites is 9. The first-order valence-electron chi connectivity index (χ1n) is 38.7. The lowest BCUT2D eigenvalue weighted by atomic mass is 9.30. The molecule has 4 heterocycles. The summed E-state index contributed by atoms with van der Waals surface area (Å²) in [5, 5.41) is 0. The van der Waals surface area contributed by atoms with E-state index in [1.807, 2.05) is 0 Å². The van der Waals surface area contributed by atoms with Crippen LogP contribution in [0.15, 0.2) is 352 Å². The molecule has 0 atom stereocenters. The van der Waals surface area contributed by atoms with Gasteiger partial charge in [0.05, 0.1) is 22.7 Å². The van der Waals surface area contributed by atoms with Crippen LogP contribution >= 0.6 is 0 Å². The molecule has 0 unspecified atom stereocenters. The Morgan fingerprint density at radius 3 is 1.15 bits per heavy atom. The van der Waals surface area contributed by atoms with Crippen LogP contribution in [-0.2, 0) is 16.2 Å². The van der Waals surface area contributed by atoms with E-state index in [1.165, 1.54) is 38.5 Å². The Hall–Kier alpha value is -12.8. The van der Waals surface area contributed by atoms with E-state index in [0.717, 1.165) is 141 Å². The minimum atomic E-state index is -0.260. The average molecular weight is 1420 g/mol. The number of hydrogen-bond donors (Lipinski definition) is 0. The van der Waals surface area contributed by atoms with E-state index in [9.17, 15) is 0 Å². The molecule has 19 rings (SSSR count). The van der Waals surface area contributed by atoms with E-state index in [2.05, 4.69) is 439 Å². The Morgan fingerprint density at radius 1 is 0.255 bits per heavy atom. The molecule has 0 fully saturated rings. The van der Waals surface area contributed by atoms with E-state index < -0.39 is 0 Å². The maximum absolute atomic E-state index is 7.53. The molecule has 0 amide bonds. The second-order valence-electron chi connectivity index (χ2n) is 32.9. The van der Waals surface area contributed by atoms with Crippen molar-refractivity contribution in [2.75, 3.05) is 24.5 Å². The molecular formula is C102H85B2N5O. The third kappa shape index (κ3) is 11.6. The van der Waals surface area contributed by atoms with E-state index >= 15 is 0 Å². The van der Waals surface area contributed by atoms with Crippen molar-refractivity contribution in [3.63, 3.8) is 0 Å². The largest absolute Gasteiger partial charge is 0.458 e. The zero-order valence-corrected chi connectivity index (χ0v) is 63.8. The second-order valence-corrected chi connectivity index (χ2v) is 32.9. The Kier molecular flexibility index (Phi) is 16.4. The summed E-state index contributed by atoms with van der Waals surface area (Å²) in [6.45, 7) is 20.2. The van der Waals surface area contributed by atoms with Crippen molar-refractivity contribution in [1.82, 2.24) is 0 Å². The number of rotatable bonds is 12. The highest BCUT2D eigenvalue weighted by molar-refractivity contribution is 7.02. The van der Waals surface area contributed by atoms with Crippen LogP contribution < -0.4 is 62.0 Å². The maximum Gasteiger partial charge on any atom is 0.256 e. The van der Waals surface area contributed by atoms with Crippen molar-refractivity contribution < 1.29 is 4.74 Å². The van der Waals surface area contributed by atoms with Crippen LogP contribution in [0.4, 0.5) is 85.3 Å². The smallest absolute Gasteiger partial charge is 0.256 e. The average Bonchev–Trinajstić information content (AvgIpc) is 0.681. The molecule has 0 saturated heterocycles. The highest BCUT2D eigenvalue weighted by Crippen LogP contribution is 2.55. The van der Waals surface area contributed by atoms with Crippen LogP contribution in [0.25, 0.3) is 33.4 Å². The lowest BCUT2D eigenvalue weighted by Crippen LogP contribution is -2.64. The molecule has 8 heteroatoms. The third-order valence-corrected chi connectivity index (χ3v) is 22.9. The standard InChI is InChI=1S/C102H85B2N5O/c1-100(2,3)71-56-50-68(51-57-71)81-42-25-28-47-88(81)106(76-36-19-12-20-37-76)80-64-94-98-96(65-80)110-95-49-30-27-46-85(95)104(98)86-66-87-91(67-90(86)108(94)78-40-23-14-24-41-78)109(99-82(69-52-58-72(59-53-69)101(4,5)6)43-31-44-83(99)70-54-60-73(61-55-70)102(7,8)9)93-63-79(105(74-32-15-10-16-33-74)75-34-17-11-18-35-75)62-92-97(93)103(87)84-45-26-29-48-89(84)107(92)77-38-21-13-22-39-77/h10-67H,1-9H3. The van der Waals surface area contributed by atoms with Gasteiger partial charge in [-0.25, -0.2) is 0 Å². The lowest BCUT2D eigenvalue weighted by molar-refractivity contribution is 0.487. The van der Waals surface area contributed by atoms with Crippen LogP contribution in [0.5, 0.6) is 11.5 Å². The van der Waals surface area contributed by atoms with Crippen LogP contribution in [0.2, 0.25) is 0 Å². The Bertz CT molecular complexity index is 5900. The molecular weight excluding hydrogens is 1330 g/mol. The first-order chi connectivity index (χ1) is 53.5. The molecule has 530 valence electrons. The zero-order valence-electron chi connectivity index (χ0n) is 63.8. The monoisotopic (exact) mass is 1420 g/mol. The Balaban J connectivity index is 0.949. The van der Waals surface area contributed by atoms with E-state index in [4.69, 9.17) is 4.74 Å². The summed E-state index contributed by atoms with van der Waals surface area (Å²) < 4.78 is 7.53. The predicted molar refractivity (Wildman–Crippen MR) is 468 cm³/mol. The van der Waals surface area contributed by atoms with Crippen molar-refractivity contribution in [1.29, 1.82) is 0 Å². The summed E-state index contributed by atoms with van der Waals surface area (Å²) >= 11 is 0.